The minimum Gasteiger partial charge on any atom is -0.444 e. The van der Waals surface area contributed by atoms with E-state index in [-0.39, 0.29) is 52.9 Å². The quantitative estimate of drug-likeness (QED) is 0.325. The van der Waals surface area contributed by atoms with Gasteiger partial charge in [-0.3, -0.25) is 14.9 Å². The van der Waals surface area contributed by atoms with E-state index in [1.807, 2.05) is 7.05 Å². The standard InChI is InChI=1S/C34H45F3N4O7S/c1-21(2)40(6)23-12-15-29(22(18-23)20-49(45,46)25-10-8-7-9-11-25)41-17-16-28(31(41)43)38-30(42)26-19-24(47-34(35,36)37)13-14-27(26)39-32(44)48-33(3,4)5/h7-11,13-14,19,21-23,28-29H,12,15-18,20H2,1-6H3,(H,38,42)(H,39,44)/t22-,23+,28+,29-/m0/s1. The van der Waals surface area contributed by atoms with Crippen molar-refractivity contribution in [1.29, 1.82) is 0 Å². The van der Waals surface area contributed by atoms with Gasteiger partial charge in [0, 0.05) is 24.7 Å². The fraction of sp³-hybridized carbons (Fsp3) is 0.559. The van der Waals surface area contributed by atoms with Crippen LogP contribution in [0.15, 0.2) is 53.4 Å². The van der Waals surface area contributed by atoms with Crippen LogP contribution in [-0.4, -0.2) is 91.6 Å². The lowest BCUT2D eigenvalue weighted by atomic mass is 9.81. The Morgan fingerprint density at radius 2 is 1.71 bits per heavy atom. The van der Waals surface area contributed by atoms with Crippen molar-refractivity contribution in [3.8, 4) is 5.75 Å². The largest absolute Gasteiger partial charge is 0.573 e. The first-order chi connectivity index (χ1) is 22.7. The summed E-state index contributed by atoms with van der Waals surface area (Å²) in [5, 5.41) is 4.99. The molecule has 0 unspecified atom stereocenters. The number of sulfone groups is 1. The maximum absolute atomic E-state index is 13.8. The van der Waals surface area contributed by atoms with E-state index < -0.39 is 57.5 Å². The number of carbonyl (C=O) groups is 3. The molecule has 2 aromatic carbocycles. The minimum absolute atomic E-state index is 0.113. The van der Waals surface area contributed by atoms with Crippen LogP contribution in [-0.2, 0) is 19.4 Å². The summed E-state index contributed by atoms with van der Waals surface area (Å²) in [6.07, 6.45) is -3.93. The number of ether oxygens (including phenoxy) is 2. The van der Waals surface area contributed by atoms with Crippen molar-refractivity contribution in [2.45, 2.75) is 101 Å². The van der Waals surface area contributed by atoms with Crippen LogP contribution in [0.5, 0.6) is 5.75 Å². The van der Waals surface area contributed by atoms with Crippen LogP contribution in [0.4, 0.5) is 23.7 Å². The number of benzene rings is 2. The summed E-state index contributed by atoms with van der Waals surface area (Å²) in [5.74, 6) is -2.57. The van der Waals surface area contributed by atoms with Crippen molar-refractivity contribution in [3.63, 3.8) is 0 Å². The number of nitrogens with zero attached hydrogens (tertiary/aromatic N) is 2. The van der Waals surface area contributed by atoms with E-state index in [9.17, 15) is 36.0 Å². The topological polar surface area (TPSA) is 134 Å². The van der Waals surface area contributed by atoms with Gasteiger partial charge < -0.3 is 24.6 Å². The smallest absolute Gasteiger partial charge is 0.444 e. The van der Waals surface area contributed by atoms with Crippen LogP contribution in [0, 0.1) is 5.92 Å². The zero-order chi connectivity index (χ0) is 36.3. The summed E-state index contributed by atoms with van der Waals surface area (Å²) in [6.45, 7) is 9.25. The first-order valence-electron chi connectivity index (χ1n) is 16.2. The Bertz CT molecular complexity index is 1610. The Balaban J connectivity index is 1.56. The number of rotatable bonds is 10. The van der Waals surface area contributed by atoms with Gasteiger partial charge in [0.15, 0.2) is 9.84 Å². The van der Waals surface area contributed by atoms with Gasteiger partial charge in [0.1, 0.15) is 17.4 Å². The summed E-state index contributed by atoms with van der Waals surface area (Å²) in [4.78, 5) is 43.9. The maximum atomic E-state index is 13.8. The van der Waals surface area contributed by atoms with Crippen molar-refractivity contribution in [3.05, 3.63) is 54.1 Å². The lowest BCUT2D eigenvalue weighted by Crippen LogP contribution is -2.53. The predicted molar refractivity (Wildman–Crippen MR) is 177 cm³/mol. The minimum atomic E-state index is -5.04. The molecule has 1 saturated carbocycles. The van der Waals surface area contributed by atoms with E-state index in [2.05, 4.69) is 34.1 Å². The highest BCUT2D eigenvalue weighted by Crippen LogP contribution is 2.36. The van der Waals surface area contributed by atoms with Gasteiger partial charge in [-0.05, 0) is 104 Å². The normalized spacial score (nSPS) is 21.9. The van der Waals surface area contributed by atoms with Crippen LogP contribution in [0.25, 0.3) is 0 Å². The van der Waals surface area contributed by atoms with E-state index in [1.165, 1.54) is 0 Å². The molecule has 0 spiro atoms. The van der Waals surface area contributed by atoms with Gasteiger partial charge in [-0.15, -0.1) is 13.2 Å². The average Bonchev–Trinajstić information content (AvgIpc) is 3.35. The third-order valence-electron chi connectivity index (χ3n) is 8.89. The molecule has 11 nitrogen and oxygen atoms in total. The SMILES string of the molecule is CC(C)N(C)[C@@H]1CC[C@H](N2CC[C@@H](NC(=O)c3cc(OC(F)(F)F)ccc3NC(=O)OC(C)(C)C)C2=O)[C@H](CS(=O)(=O)c2ccccc2)C1. The molecule has 49 heavy (non-hydrogen) atoms. The van der Waals surface area contributed by atoms with Crippen molar-refractivity contribution >= 4 is 33.4 Å². The number of carbonyl (C=O) groups excluding carboxylic acids is 3. The Hall–Kier alpha value is -3.85. The second-order valence-corrected chi connectivity index (χ2v) is 15.9. The van der Waals surface area contributed by atoms with Gasteiger partial charge >= 0.3 is 12.5 Å². The summed E-state index contributed by atoms with van der Waals surface area (Å²) in [5.41, 5.74) is -1.42. The number of alkyl halides is 3. The molecule has 0 aromatic heterocycles. The molecule has 2 aromatic rings. The fourth-order valence-corrected chi connectivity index (χ4v) is 8.13. The molecule has 1 saturated heterocycles. The van der Waals surface area contributed by atoms with Gasteiger partial charge in [0.05, 0.1) is 21.9 Å². The van der Waals surface area contributed by atoms with Crippen molar-refractivity contribution in [2.24, 2.45) is 5.92 Å². The highest BCUT2D eigenvalue weighted by molar-refractivity contribution is 7.91. The van der Waals surface area contributed by atoms with Gasteiger partial charge in [-0.2, -0.15) is 0 Å². The molecular weight excluding hydrogens is 665 g/mol. The summed E-state index contributed by atoms with van der Waals surface area (Å²) < 4.78 is 75.3. The highest BCUT2D eigenvalue weighted by atomic mass is 32.2. The number of anilines is 1. The summed E-state index contributed by atoms with van der Waals surface area (Å²) in [7, 11) is -1.68. The van der Waals surface area contributed by atoms with E-state index in [4.69, 9.17) is 4.74 Å². The first kappa shape index (κ1) is 38.0. The number of halogens is 3. The summed E-state index contributed by atoms with van der Waals surface area (Å²) >= 11 is 0. The van der Waals surface area contributed by atoms with Crippen LogP contribution < -0.4 is 15.4 Å². The first-order valence-corrected chi connectivity index (χ1v) is 17.9. The molecule has 0 radical (unpaired) electrons. The van der Waals surface area contributed by atoms with E-state index in [0.717, 1.165) is 24.6 Å². The third kappa shape index (κ3) is 10.1. The second kappa shape index (κ2) is 15.0. The number of hydrogen-bond acceptors (Lipinski definition) is 8. The van der Waals surface area contributed by atoms with E-state index >= 15 is 0 Å². The van der Waals surface area contributed by atoms with Crippen LogP contribution in [0.3, 0.4) is 0 Å². The maximum Gasteiger partial charge on any atom is 0.573 e. The van der Waals surface area contributed by atoms with Gasteiger partial charge in [-0.25, -0.2) is 13.2 Å². The van der Waals surface area contributed by atoms with Crippen LogP contribution in [0.1, 0.15) is 70.7 Å². The van der Waals surface area contributed by atoms with Crippen molar-refractivity contribution < 1.29 is 45.4 Å². The number of hydrogen-bond donors (Lipinski definition) is 2. The zero-order valence-corrected chi connectivity index (χ0v) is 29.4. The number of nitrogens with one attached hydrogen (secondary N) is 2. The molecule has 0 bridgehead atoms. The lowest BCUT2D eigenvalue weighted by Gasteiger charge is -2.44. The molecule has 4 rings (SSSR count). The molecule has 1 aliphatic heterocycles. The molecule has 15 heteroatoms. The Kier molecular flexibility index (Phi) is 11.6. The van der Waals surface area contributed by atoms with Crippen LogP contribution in [0.2, 0.25) is 0 Å². The average molecular weight is 711 g/mol. The van der Waals surface area contributed by atoms with Gasteiger partial charge in [0.25, 0.3) is 5.91 Å². The van der Waals surface area contributed by atoms with Gasteiger partial charge in [0.2, 0.25) is 5.91 Å². The Labute approximate surface area is 285 Å². The molecule has 2 fully saturated rings. The highest BCUT2D eigenvalue weighted by Gasteiger charge is 2.44. The molecule has 2 N–H and O–H groups in total. The molecular formula is C34H45F3N4O7S. The van der Waals surface area contributed by atoms with E-state index in [0.29, 0.717) is 12.8 Å². The monoisotopic (exact) mass is 710 g/mol. The Morgan fingerprint density at radius 3 is 2.33 bits per heavy atom. The summed E-state index contributed by atoms with van der Waals surface area (Å²) in [6, 6.07) is 9.92. The molecule has 3 amide bonds. The fourth-order valence-electron chi connectivity index (χ4n) is 6.44. The Morgan fingerprint density at radius 1 is 1.04 bits per heavy atom. The third-order valence-corrected chi connectivity index (χ3v) is 10.7. The molecule has 270 valence electrons. The van der Waals surface area contributed by atoms with Gasteiger partial charge in [-0.1, -0.05) is 18.2 Å². The number of likely N-dealkylation sites (tertiary alicyclic amines) is 1. The van der Waals surface area contributed by atoms with E-state index in [1.54, 1.807) is 56.0 Å². The van der Waals surface area contributed by atoms with Crippen LogP contribution >= 0.6 is 0 Å². The molecule has 1 heterocycles. The zero-order valence-electron chi connectivity index (χ0n) is 28.5. The molecule has 2 aliphatic rings. The molecule has 4 atom stereocenters. The predicted octanol–water partition coefficient (Wildman–Crippen LogP) is 5.61. The number of amides is 3. The second-order valence-electron chi connectivity index (χ2n) is 13.9. The van der Waals surface area contributed by atoms with Crippen molar-refractivity contribution in [2.75, 3.05) is 24.7 Å². The van der Waals surface area contributed by atoms with Crippen molar-refractivity contribution in [1.82, 2.24) is 15.1 Å². The molecule has 1 aliphatic carbocycles. The lowest BCUT2D eigenvalue weighted by molar-refractivity contribution is -0.274.